The molecular formula is C13H23NO3. The molecule has 1 heterocycles. The van der Waals surface area contributed by atoms with Crippen molar-refractivity contribution in [3.63, 3.8) is 0 Å². The van der Waals surface area contributed by atoms with E-state index >= 15 is 0 Å². The van der Waals surface area contributed by atoms with Gasteiger partial charge in [0, 0.05) is 0 Å². The highest BCUT2D eigenvalue weighted by Gasteiger charge is 2.26. The van der Waals surface area contributed by atoms with Gasteiger partial charge >= 0.3 is 5.97 Å². The number of hydrogen-bond donors (Lipinski definition) is 0. The SMILES string of the molecule is CCOC(=O)CC(=O)CN1CCC(C)(C)CC1. The van der Waals surface area contributed by atoms with Gasteiger partial charge in [-0.05, 0) is 38.3 Å². The maximum Gasteiger partial charge on any atom is 0.313 e. The number of esters is 1. The van der Waals surface area contributed by atoms with Crippen LogP contribution in [-0.4, -0.2) is 42.9 Å². The van der Waals surface area contributed by atoms with Crippen molar-refractivity contribution in [3.05, 3.63) is 0 Å². The first kappa shape index (κ1) is 14.2. The molecule has 0 amide bonds. The number of ether oxygens (including phenoxy) is 1. The van der Waals surface area contributed by atoms with Crippen molar-refractivity contribution in [2.75, 3.05) is 26.2 Å². The number of hydrogen-bond acceptors (Lipinski definition) is 4. The van der Waals surface area contributed by atoms with E-state index in [-0.39, 0.29) is 12.2 Å². The van der Waals surface area contributed by atoms with Crippen molar-refractivity contribution in [2.24, 2.45) is 5.41 Å². The Morgan fingerprint density at radius 3 is 2.35 bits per heavy atom. The summed E-state index contributed by atoms with van der Waals surface area (Å²) in [5.74, 6) is -0.446. The zero-order chi connectivity index (χ0) is 12.9. The fourth-order valence-corrected chi connectivity index (χ4v) is 1.99. The van der Waals surface area contributed by atoms with Gasteiger partial charge in [0.05, 0.1) is 13.2 Å². The molecule has 0 saturated carbocycles. The number of carbonyl (C=O) groups excluding carboxylic acids is 2. The summed E-state index contributed by atoms with van der Waals surface area (Å²) in [6.07, 6.45) is 2.13. The number of rotatable bonds is 5. The lowest BCUT2D eigenvalue weighted by molar-refractivity contribution is -0.145. The smallest absolute Gasteiger partial charge is 0.313 e. The standard InChI is InChI=1S/C13H23NO3/c1-4-17-12(16)9-11(15)10-14-7-5-13(2,3)6-8-14/h4-10H2,1-3H3. The molecule has 17 heavy (non-hydrogen) atoms. The molecule has 0 atom stereocenters. The average molecular weight is 241 g/mol. The van der Waals surface area contributed by atoms with E-state index in [4.69, 9.17) is 4.74 Å². The highest BCUT2D eigenvalue weighted by atomic mass is 16.5. The van der Waals surface area contributed by atoms with Crippen LogP contribution in [-0.2, 0) is 14.3 Å². The Balaban J connectivity index is 2.26. The predicted molar refractivity (Wildman–Crippen MR) is 65.7 cm³/mol. The van der Waals surface area contributed by atoms with Crippen LogP contribution >= 0.6 is 0 Å². The van der Waals surface area contributed by atoms with Gasteiger partial charge in [-0.15, -0.1) is 0 Å². The van der Waals surface area contributed by atoms with E-state index in [0.717, 1.165) is 25.9 Å². The fourth-order valence-electron chi connectivity index (χ4n) is 1.99. The number of piperidine rings is 1. The first-order chi connectivity index (χ1) is 7.93. The second-order valence-electron chi connectivity index (χ2n) is 5.46. The summed E-state index contributed by atoms with van der Waals surface area (Å²) in [5.41, 5.74) is 0.390. The van der Waals surface area contributed by atoms with Gasteiger partial charge in [-0.1, -0.05) is 13.8 Å². The molecule has 4 heteroatoms. The van der Waals surface area contributed by atoms with Crippen LogP contribution in [0.1, 0.15) is 40.0 Å². The Morgan fingerprint density at radius 1 is 1.24 bits per heavy atom. The zero-order valence-corrected chi connectivity index (χ0v) is 11.1. The second-order valence-corrected chi connectivity index (χ2v) is 5.46. The van der Waals surface area contributed by atoms with Crippen LogP contribution in [0.3, 0.4) is 0 Å². The first-order valence-corrected chi connectivity index (χ1v) is 6.32. The molecule has 0 unspecified atom stereocenters. The third-order valence-corrected chi connectivity index (χ3v) is 3.26. The van der Waals surface area contributed by atoms with Gasteiger partial charge in [-0.3, -0.25) is 14.5 Å². The summed E-state index contributed by atoms with van der Waals surface area (Å²) < 4.78 is 4.76. The third kappa shape index (κ3) is 5.31. The monoisotopic (exact) mass is 241 g/mol. The second kappa shape index (κ2) is 6.15. The molecule has 4 nitrogen and oxygen atoms in total. The molecule has 1 aliphatic rings. The van der Waals surface area contributed by atoms with Crippen LogP contribution in [0.25, 0.3) is 0 Å². The predicted octanol–water partition coefficient (Wildman–Crippen LogP) is 1.63. The largest absolute Gasteiger partial charge is 0.466 e. The number of carbonyl (C=O) groups is 2. The van der Waals surface area contributed by atoms with Gasteiger partial charge in [-0.25, -0.2) is 0 Å². The fraction of sp³-hybridized carbons (Fsp3) is 0.846. The van der Waals surface area contributed by atoms with Crippen LogP contribution in [0.2, 0.25) is 0 Å². The molecule has 0 spiro atoms. The Morgan fingerprint density at radius 2 is 1.82 bits per heavy atom. The van der Waals surface area contributed by atoms with E-state index in [1.807, 2.05) is 0 Å². The maximum absolute atomic E-state index is 11.6. The van der Waals surface area contributed by atoms with E-state index in [9.17, 15) is 9.59 Å². The number of nitrogens with zero attached hydrogens (tertiary/aromatic N) is 1. The van der Waals surface area contributed by atoms with E-state index in [1.165, 1.54) is 0 Å². The third-order valence-electron chi connectivity index (χ3n) is 3.26. The summed E-state index contributed by atoms with van der Waals surface area (Å²) in [5, 5.41) is 0. The van der Waals surface area contributed by atoms with E-state index in [0.29, 0.717) is 18.6 Å². The normalized spacial score (nSPS) is 19.9. The highest BCUT2D eigenvalue weighted by molar-refractivity contribution is 5.96. The molecule has 0 bridgehead atoms. The Bertz CT molecular complexity index is 276. The average Bonchev–Trinajstić information content (AvgIpc) is 2.21. The lowest BCUT2D eigenvalue weighted by atomic mass is 9.82. The van der Waals surface area contributed by atoms with Gasteiger partial charge < -0.3 is 4.74 Å². The Labute approximate surface area is 103 Å². The molecule has 0 aromatic rings. The van der Waals surface area contributed by atoms with E-state index < -0.39 is 5.97 Å². The molecule has 0 N–H and O–H groups in total. The molecule has 98 valence electrons. The minimum atomic E-state index is -0.408. The number of likely N-dealkylation sites (tertiary alicyclic amines) is 1. The van der Waals surface area contributed by atoms with Gasteiger partial charge in [0.2, 0.25) is 0 Å². The Hall–Kier alpha value is -0.900. The highest BCUT2D eigenvalue weighted by Crippen LogP contribution is 2.29. The topological polar surface area (TPSA) is 46.6 Å². The molecule has 1 saturated heterocycles. The molecule has 0 radical (unpaired) electrons. The lowest BCUT2D eigenvalue weighted by Gasteiger charge is -2.36. The molecule has 0 aromatic carbocycles. The number of ketones is 1. The lowest BCUT2D eigenvalue weighted by Crippen LogP contribution is -2.40. The molecule has 1 fully saturated rings. The number of Topliss-reactive ketones (excluding diaryl/α,β-unsaturated/α-hetero) is 1. The van der Waals surface area contributed by atoms with Crippen LogP contribution in [0.4, 0.5) is 0 Å². The van der Waals surface area contributed by atoms with Crippen molar-refractivity contribution < 1.29 is 14.3 Å². The van der Waals surface area contributed by atoms with Crippen LogP contribution in [0.15, 0.2) is 0 Å². The van der Waals surface area contributed by atoms with Crippen LogP contribution in [0, 0.1) is 5.41 Å². The van der Waals surface area contributed by atoms with Crippen LogP contribution < -0.4 is 0 Å². The molecule has 0 aliphatic carbocycles. The minimum absolute atomic E-state index is 0.0387. The molecule has 0 aromatic heterocycles. The van der Waals surface area contributed by atoms with Crippen molar-refractivity contribution in [1.29, 1.82) is 0 Å². The summed E-state index contributed by atoms with van der Waals surface area (Å²) >= 11 is 0. The summed E-state index contributed by atoms with van der Waals surface area (Å²) in [4.78, 5) is 24.9. The molecule has 1 aliphatic heterocycles. The summed E-state index contributed by atoms with van der Waals surface area (Å²) in [6, 6.07) is 0. The van der Waals surface area contributed by atoms with Gasteiger partial charge in [-0.2, -0.15) is 0 Å². The van der Waals surface area contributed by atoms with Gasteiger partial charge in [0.1, 0.15) is 6.42 Å². The van der Waals surface area contributed by atoms with Crippen molar-refractivity contribution in [2.45, 2.75) is 40.0 Å². The zero-order valence-electron chi connectivity index (χ0n) is 11.1. The van der Waals surface area contributed by atoms with E-state index in [2.05, 4.69) is 18.7 Å². The quantitative estimate of drug-likeness (QED) is 0.542. The minimum Gasteiger partial charge on any atom is -0.466 e. The van der Waals surface area contributed by atoms with Crippen molar-refractivity contribution >= 4 is 11.8 Å². The van der Waals surface area contributed by atoms with Gasteiger partial charge in [0.15, 0.2) is 5.78 Å². The molecular weight excluding hydrogens is 218 g/mol. The van der Waals surface area contributed by atoms with Crippen molar-refractivity contribution in [3.8, 4) is 0 Å². The summed E-state index contributed by atoms with van der Waals surface area (Å²) in [6.45, 7) is 8.87. The van der Waals surface area contributed by atoms with Gasteiger partial charge in [0.25, 0.3) is 0 Å². The summed E-state index contributed by atoms with van der Waals surface area (Å²) in [7, 11) is 0. The van der Waals surface area contributed by atoms with Crippen molar-refractivity contribution in [1.82, 2.24) is 4.90 Å². The van der Waals surface area contributed by atoms with Crippen LogP contribution in [0.5, 0.6) is 0 Å². The maximum atomic E-state index is 11.6. The first-order valence-electron chi connectivity index (χ1n) is 6.32. The van der Waals surface area contributed by atoms with E-state index in [1.54, 1.807) is 6.92 Å². The Kier molecular flexibility index (Phi) is 5.12. The molecule has 1 rings (SSSR count).